The van der Waals surface area contributed by atoms with E-state index in [0.29, 0.717) is 12.2 Å². The van der Waals surface area contributed by atoms with Gasteiger partial charge in [-0.15, -0.1) is 0 Å². The number of halogens is 1. The zero-order valence-electron chi connectivity index (χ0n) is 9.87. The van der Waals surface area contributed by atoms with Crippen molar-refractivity contribution in [2.75, 3.05) is 5.32 Å². The first-order chi connectivity index (χ1) is 8.56. The molecule has 2 rings (SSSR count). The summed E-state index contributed by atoms with van der Waals surface area (Å²) < 4.78 is 19.0. The Bertz CT molecular complexity index is 580. The van der Waals surface area contributed by atoms with Crippen LogP contribution in [0.5, 0.6) is 0 Å². The molecule has 3 nitrogen and oxygen atoms in total. The lowest BCUT2D eigenvalue weighted by Gasteiger charge is -2.07. The van der Waals surface area contributed by atoms with Gasteiger partial charge in [-0.2, -0.15) is 0 Å². The van der Waals surface area contributed by atoms with Crippen LogP contribution in [0.25, 0.3) is 0 Å². The lowest BCUT2D eigenvalue weighted by molar-refractivity contribution is 0.490. The van der Waals surface area contributed by atoms with Crippen LogP contribution in [0.3, 0.4) is 0 Å². The van der Waals surface area contributed by atoms with E-state index in [1.807, 2.05) is 19.1 Å². The summed E-state index contributed by atoms with van der Waals surface area (Å²) in [6, 6.07) is 8.42. The maximum absolute atomic E-state index is 13.6. The first kappa shape index (κ1) is 12.6. The largest absolute Gasteiger partial charge is 0.465 e. The molecule has 0 spiro atoms. The molecule has 0 aliphatic rings. The van der Waals surface area contributed by atoms with E-state index in [4.69, 9.17) is 22.4 Å². The number of hydrogen-bond donors (Lipinski definition) is 2. The highest BCUT2D eigenvalue weighted by atomic mass is 32.1. The van der Waals surface area contributed by atoms with Crippen LogP contribution in [-0.2, 0) is 6.54 Å². The van der Waals surface area contributed by atoms with E-state index < -0.39 is 5.82 Å². The van der Waals surface area contributed by atoms with Crippen LogP contribution in [0, 0.1) is 12.7 Å². The van der Waals surface area contributed by atoms with Crippen molar-refractivity contribution in [3.63, 3.8) is 0 Å². The number of nitrogens with one attached hydrogen (secondary N) is 1. The SMILES string of the molecule is Cc1ccc(CNc2ccc(C(N)=S)c(F)c2)o1. The lowest BCUT2D eigenvalue weighted by Crippen LogP contribution is -2.11. The average molecular weight is 264 g/mol. The van der Waals surface area contributed by atoms with Crippen molar-refractivity contribution in [3.8, 4) is 0 Å². The highest BCUT2D eigenvalue weighted by molar-refractivity contribution is 7.80. The number of rotatable bonds is 4. The molecule has 1 heterocycles. The van der Waals surface area contributed by atoms with Crippen molar-refractivity contribution in [1.29, 1.82) is 0 Å². The molecule has 1 aromatic carbocycles. The van der Waals surface area contributed by atoms with E-state index >= 15 is 0 Å². The van der Waals surface area contributed by atoms with Crippen molar-refractivity contribution in [1.82, 2.24) is 0 Å². The highest BCUT2D eigenvalue weighted by Gasteiger charge is 2.06. The number of aryl methyl sites for hydroxylation is 1. The monoisotopic (exact) mass is 264 g/mol. The van der Waals surface area contributed by atoms with E-state index in [1.54, 1.807) is 12.1 Å². The third-order valence-corrected chi connectivity index (χ3v) is 2.72. The summed E-state index contributed by atoms with van der Waals surface area (Å²) in [5, 5.41) is 3.06. The van der Waals surface area contributed by atoms with E-state index in [9.17, 15) is 4.39 Å². The molecule has 0 fully saturated rings. The van der Waals surface area contributed by atoms with Crippen LogP contribution in [0.2, 0.25) is 0 Å². The number of benzene rings is 1. The Hall–Kier alpha value is -1.88. The van der Waals surface area contributed by atoms with Crippen molar-refractivity contribution in [2.24, 2.45) is 5.73 Å². The smallest absolute Gasteiger partial charge is 0.135 e. The molecular weight excluding hydrogens is 251 g/mol. The first-order valence-electron chi connectivity index (χ1n) is 5.45. The number of anilines is 1. The molecule has 0 radical (unpaired) electrons. The van der Waals surface area contributed by atoms with Gasteiger partial charge in [0.25, 0.3) is 0 Å². The fourth-order valence-corrected chi connectivity index (χ4v) is 1.76. The van der Waals surface area contributed by atoms with Crippen LogP contribution < -0.4 is 11.1 Å². The van der Waals surface area contributed by atoms with Gasteiger partial charge in [-0.3, -0.25) is 0 Å². The molecule has 94 valence electrons. The van der Waals surface area contributed by atoms with E-state index in [0.717, 1.165) is 11.5 Å². The van der Waals surface area contributed by atoms with Crippen LogP contribution in [0.15, 0.2) is 34.7 Å². The Balaban J connectivity index is 2.06. The minimum Gasteiger partial charge on any atom is -0.465 e. The second kappa shape index (κ2) is 5.18. The van der Waals surface area contributed by atoms with Gasteiger partial charge in [0.2, 0.25) is 0 Å². The molecule has 0 saturated carbocycles. The molecule has 0 aliphatic heterocycles. The van der Waals surface area contributed by atoms with Crippen LogP contribution in [0.1, 0.15) is 17.1 Å². The van der Waals surface area contributed by atoms with Gasteiger partial charge < -0.3 is 15.5 Å². The molecular formula is C13H13FN2OS. The molecule has 18 heavy (non-hydrogen) atoms. The fourth-order valence-electron chi connectivity index (χ4n) is 1.59. The van der Waals surface area contributed by atoms with E-state index in [-0.39, 0.29) is 10.6 Å². The van der Waals surface area contributed by atoms with Gasteiger partial charge >= 0.3 is 0 Å². The minimum atomic E-state index is -0.428. The zero-order valence-corrected chi connectivity index (χ0v) is 10.7. The third-order valence-electron chi connectivity index (χ3n) is 2.50. The van der Waals surface area contributed by atoms with E-state index in [1.165, 1.54) is 6.07 Å². The molecule has 0 saturated heterocycles. The summed E-state index contributed by atoms with van der Waals surface area (Å²) in [5.41, 5.74) is 6.30. The van der Waals surface area contributed by atoms with Gasteiger partial charge in [0.1, 0.15) is 22.3 Å². The Labute approximate surface area is 110 Å². The van der Waals surface area contributed by atoms with E-state index in [2.05, 4.69) is 5.32 Å². The summed E-state index contributed by atoms with van der Waals surface area (Å²) in [6.45, 7) is 2.37. The van der Waals surface area contributed by atoms with Crippen molar-refractivity contribution in [3.05, 3.63) is 53.2 Å². The Morgan fingerprint density at radius 3 is 2.72 bits per heavy atom. The second-order valence-electron chi connectivity index (χ2n) is 3.92. The molecule has 3 N–H and O–H groups in total. The molecule has 5 heteroatoms. The molecule has 0 atom stereocenters. The van der Waals surface area contributed by atoms with Gasteiger partial charge in [-0.1, -0.05) is 12.2 Å². The Kier molecular flexibility index (Phi) is 3.62. The summed E-state index contributed by atoms with van der Waals surface area (Å²) >= 11 is 4.74. The first-order valence-corrected chi connectivity index (χ1v) is 5.85. The number of nitrogens with two attached hydrogens (primary N) is 1. The predicted molar refractivity (Wildman–Crippen MR) is 73.1 cm³/mol. The van der Waals surface area contributed by atoms with Gasteiger partial charge in [-0.05, 0) is 37.3 Å². The number of thiocarbonyl (C=S) groups is 1. The lowest BCUT2D eigenvalue weighted by atomic mass is 10.2. The third kappa shape index (κ3) is 2.87. The predicted octanol–water partition coefficient (Wildman–Crippen LogP) is 2.97. The Morgan fingerprint density at radius 2 is 2.17 bits per heavy atom. The molecule has 1 aromatic heterocycles. The summed E-state index contributed by atoms with van der Waals surface area (Å²) in [7, 11) is 0. The number of hydrogen-bond acceptors (Lipinski definition) is 3. The maximum atomic E-state index is 13.6. The highest BCUT2D eigenvalue weighted by Crippen LogP contribution is 2.16. The molecule has 0 bridgehead atoms. The molecule has 2 aromatic rings. The van der Waals surface area contributed by atoms with Crippen LogP contribution in [0.4, 0.5) is 10.1 Å². The van der Waals surface area contributed by atoms with Crippen LogP contribution in [-0.4, -0.2) is 4.99 Å². The van der Waals surface area contributed by atoms with Crippen molar-refractivity contribution < 1.29 is 8.81 Å². The van der Waals surface area contributed by atoms with Gasteiger partial charge in [0.05, 0.1) is 6.54 Å². The van der Waals surface area contributed by atoms with Crippen molar-refractivity contribution >= 4 is 22.9 Å². The average Bonchev–Trinajstić information content (AvgIpc) is 2.72. The zero-order chi connectivity index (χ0) is 13.1. The summed E-state index contributed by atoms with van der Waals surface area (Å²) in [5.74, 6) is 1.22. The molecule has 0 aliphatic carbocycles. The van der Waals surface area contributed by atoms with Gasteiger partial charge in [0.15, 0.2) is 0 Å². The standard InChI is InChI=1S/C13H13FN2OS/c1-8-2-4-10(17-8)7-16-9-3-5-11(13(15)18)12(14)6-9/h2-6,16H,7H2,1H3,(H2,15,18). The Morgan fingerprint density at radius 1 is 1.39 bits per heavy atom. The minimum absolute atomic E-state index is 0.0562. The van der Waals surface area contributed by atoms with Crippen LogP contribution >= 0.6 is 12.2 Å². The number of furan rings is 1. The van der Waals surface area contributed by atoms with Crippen molar-refractivity contribution in [2.45, 2.75) is 13.5 Å². The summed E-state index contributed by atoms with van der Waals surface area (Å²) in [4.78, 5) is 0.0562. The van der Waals surface area contributed by atoms with Gasteiger partial charge in [-0.25, -0.2) is 4.39 Å². The normalized spacial score (nSPS) is 10.3. The molecule has 0 unspecified atom stereocenters. The van der Waals surface area contributed by atoms with Gasteiger partial charge in [0, 0.05) is 11.3 Å². The maximum Gasteiger partial charge on any atom is 0.135 e. The topological polar surface area (TPSA) is 51.2 Å². The summed E-state index contributed by atoms with van der Waals surface area (Å²) in [6.07, 6.45) is 0. The fraction of sp³-hybridized carbons (Fsp3) is 0.154. The second-order valence-corrected chi connectivity index (χ2v) is 4.36. The molecule has 0 amide bonds. The quantitative estimate of drug-likeness (QED) is 0.834.